The summed E-state index contributed by atoms with van der Waals surface area (Å²) in [5.41, 5.74) is 4.91. The number of aromatic nitrogens is 1. The molecule has 25 heavy (non-hydrogen) atoms. The Kier molecular flexibility index (Phi) is 4.32. The van der Waals surface area contributed by atoms with Crippen LogP contribution in [0.1, 0.15) is 55.7 Å². The normalized spacial score (nSPS) is 18.8. The van der Waals surface area contributed by atoms with Crippen LogP contribution < -0.4 is 5.32 Å². The molecule has 0 bridgehead atoms. The van der Waals surface area contributed by atoms with E-state index < -0.39 is 0 Å². The second kappa shape index (κ2) is 6.36. The number of anilines is 1. The summed E-state index contributed by atoms with van der Waals surface area (Å²) in [7, 11) is 0. The van der Waals surface area contributed by atoms with Crippen molar-refractivity contribution in [3.05, 3.63) is 33.2 Å². The SMILES string of the molecule is Cc1csc(-c2c(NC(=O)C3=CCCC3)sc3c2CCC(C)(C)C3)n1. The minimum absolute atomic E-state index is 0.0740. The maximum atomic E-state index is 12.7. The summed E-state index contributed by atoms with van der Waals surface area (Å²) in [5.74, 6) is 0.0740. The number of fused-ring (bicyclic) bond motifs is 1. The first-order chi connectivity index (χ1) is 11.9. The van der Waals surface area contributed by atoms with E-state index in [4.69, 9.17) is 4.98 Å². The molecule has 4 rings (SSSR count). The van der Waals surface area contributed by atoms with E-state index >= 15 is 0 Å². The molecule has 5 heteroatoms. The van der Waals surface area contributed by atoms with Gasteiger partial charge < -0.3 is 5.32 Å². The number of carbonyl (C=O) groups excluding carboxylic acids is 1. The average molecular weight is 373 g/mol. The fourth-order valence-corrected chi connectivity index (χ4v) is 6.19. The van der Waals surface area contributed by atoms with E-state index in [2.05, 4.69) is 30.6 Å². The van der Waals surface area contributed by atoms with Crippen molar-refractivity contribution in [2.75, 3.05) is 5.32 Å². The molecule has 0 atom stereocenters. The van der Waals surface area contributed by atoms with E-state index in [9.17, 15) is 4.79 Å². The number of nitrogens with zero attached hydrogens (tertiary/aromatic N) is 1. The van der Waals surface area contributed by atoms with Crippen LogP contribution in [-0.2, 0) is 17.6 Å². The van der Waals surface area contributed by atoms with E-state index in [1.165, 1.54) is 22.4 Å². The number of hydrogen-bond donors (Lipinski definition) is 1. The molecule has 3 nitrogen and oxygen atoms in total. The number of amides is 1. The van der Waals surface area contributed by atoms with Gasteiger partial charge in [-0.25, -0.2) is 4.98 Å². The van der Waals surface area contributed by atoms with Gasteiger partial charge in [-0.2, -0.15) is 0 Å². The van der Waals surface area contributed by atoms with Crippen molar-refractivity contribution < 1.29 is 4.79 Å². The van der Waals surface area contributed by atoms with Gasteiger partial charge in [0.25, 0.3) is 5.91 Å². The van der Waals surface area contributed by atoms with Crippen molar-refractivity contribution in [1.82, 2.24) is 4.98 Å². The lowest BCUT2D eigenvalue weighted by Crippen LogP contribution is -2.20. The Morgan fingerprint density at radius 3 is 2.84 bits per heavy atom. The van der Waals surface area contributed by atoms with Gasteiger partial charge in [0.05, 0.1) is 0 Å². The third kappa shape index (κ3) is 3.32. The highest BCUT2D eigenvalue weighted by molar-refractivity contribution is 7.18. The van der Waals surface area contributed by atoms with Crippen molar-refractivity contribution >= 4 is 33.6 Å². The van der Waals surface area contributed by atoms with Crippen LogP contribution in [0.2, 0.25) is 0 Å². The Hall–Kier alpha value is -1.46. The third-order valence-corrected chi connectivity index (χ3v) is 7.30. The van der Waals surface area contributed by atoms with Crippen molar-refractivity contribution in [2.45, 2.75) is 59.3 Å². The molecular weight excluding hydrogens is 348 g/mol. The number of hydrogen-bond acceptors (Lipinski definition) is 4. The van der Waals surface area contributed by atoms with E-state index in [0.29, 0.717) is 5.41 Å². The number of rotatable bonds is 3. The average Bonchev–Trinajstić information content (AvgIpc) is 3.25. The molecule has 1 N–H and O–H groups in total. The number of aryl methyl sites for hydroxylation is 1. The monoisotopic (exact) mass is 372 g/mol. The summed E-state index contributed by atoms with van der Waals surface area (Å²) in [6.07, 6.45) is 8.45. The summed E-state index contributed by atoms with van der Waals surface area (Å²) in [6.45, 7) is 6.71. The van der Waals surface area contributed by atoms with Gasteiger partial charge in [0, 0.05) is 27.1 Å². The predicted octanol–water partition coefficient (Wildman–Crippen LogP) is 5.74. The molecule has 0 aromatic carbocycles. The maximum Gasteiger partial charge on any atom is 0.251 e. The number of thiazole rings is 1. The molecule has 0 radical (unpaired) electrons. The first kappa shape index (κ1) is 17.0. The second-order valence-corrected chi connectivity index (χ2v) is 9.88. The topological polar surface area (TPSA) is 42.0 Å². The first-order valence-corrected chi connectivity index (χ1v) is 10.7. The molecule has 2 aliphatic rings. The zero-order valence-corrected chi connectivity index (χ0v) is 16.7. The van der Waals surface area contributed by atoms with Gasteiger partial charge >= 0.3 is 0 Å². The quantitative estimate of drug-likeness (QED) is 0.746. The van der Waals surface area contributed by atoms with Crippen molar-refractivity contribution in [1.29, 1.82) is 0 Å². The lowest BCUT2D eigenvalue weighted by atomic mass is 9.77. The molecule has 0 fully saturated rings. The molecule has 0 spiro atoms. The fourth-order valence-electron chi connectivity index (χ4n) is 3.75. The van der Waals surface area contributed by atoms with Crippen LogP contribution in [0.15, 0.2) is 17.0 Å². The Bertz CT molecular complexity index is 857. The molecule has 0 saturated carbocycles. The molecule has 132 valence electrons. The standard InChI is InChI=1S/C20H24N2OS2/c1-12-11-24-18(21-12)16-14-8-9-20(2,3)10-15(14)25-19(16)22-17(23)13-6-4-5-7-13/h6,11H,4-5,7-10H2,1-3H3,(H,22,23). The highest BCUT2D eigenvalue weighted by Gasteiger charge is 2.32. The molecule has 1 amide bonds. The van der Waals surface area contributed by atoms with Gasteiger partial charge in [0.1, 0.15) is 10.0 Å². The van der Waals surface area contributed by atoms with Crippen molar-refractivity contribution in [3.63, 3.8) is 0 Å². The van der Waals surface area contributed by atoms with Crippen LogP contribution in [0.25, 0.3) is 10.6 Å². The second-order valence-electron chi connectivity index (χ2n) is 7.92. The number of carbonyl (C=O) groups is 1. The number of nitrogens with one attached hydrogen (secondary N) is 1. The number of thiophene rings is 1. The Morgan fingerprint density at radius 2 is 2.16 bits per heavy atom. The molecule has 2 heterocycles. The fraction of sp³-hybridized carbons (Fsp3) is 0.500. The van der Waals surface area contributed by atoms with E-state index in [1.54, 1.807) is 22.7 Å². The molecule has 2 aromatic rings. The minimum Gasteiger partial charge on any atom is -0.313 e. The van der Waals surface area contributed by atoms with E-state index in [-0.39, 0.29) is 5.91 Å². The lowest BCUT2D eigenvalue weighted by Gasteiger charge is -2.29. The first-order valence-electron chi connectivity index (χ1n) is 9.00. The van der Waals surface area contributed by atoms with Crippen LogP contribution in [0.5, 0.6) is 0 Å². The van der Waals surface area contributed by atoms with Crippen molar-refractivity contribution in [3.8, 4) is 10.6 Å². The van der Waals surface area contributed by atoms with Gasteiger partial charge in [-0.05, 0) is 56.4 Å². The van der Waals surface area contributed by atoms with Gasteiger partial charge in [0.15, 0.2) is 0 Å². The van der Waals surface area contributed by atoms with Crippen LogP contribution in [-0.4, -0.2) is 10.9 Å². The van der Waals surface area contributed by atoms with Gasteiger partial charge in [-0.1, -0.05) is 19.9 Å². The van der Waals surface area contributed by atoms with Crippen LogP contribution >= 0.6 is 22.7 Å². The molecule has 2 aliphatic carbocycles. The number of allylic oxidation sites excluding steroid dienone is 1. The van der Waals surface area contributed by atoms with Crippen LogP contribution in [0.4, 0.5) is 5.00 Å². The summed E-state index contributed by atoms with van der Waals surface area (Å²) in [5, 5.41) is 7.36. The summed E-state index contributed by atoms with van der Waals surface area (Å²) in [6, 6.07) is 0. The zero-order valence-electron chi connectivity index (χ0n) is 15.1. The maximum absolute atomic E-state index is 12.7. The Morgan fingerprint density at radius 1 is 1.32 bits per heavy atom. The van der Waals surface area contributed by atoms with Gasteiger partial charge in [-0.15, -0.1) is 22.7 Å². The summed E-state index contributed by atoms with van der Waals surface area (Å²) in [4.78, 5) is 18.8. The summed E-state index contributed by atoms with van der Waals surface area (Å²) < 4.78 is 0. The summed E-state index contributed by atoms with van der Waals surface area (Å²) >= 11 is 3.45. The molecule has 2 aromatic heterocycles. The highest BCUT2D eigenvalue weighted by Crippen LogP contribution is 2.48. The molecular formula is C20H24N2OS2. The van der Waals surface area contributed by atoms with Crippen LogP contribution in [0.3, 0.4) is 0 Å². The largest absolute Gasteiger partial charge is 0.313 e. The molecule has 0 aliphatic heterocycles. The third-order valence-electron chi connectivity index (χ3n) is 5.17. The van der Waals surface area contributed by atoms with Crippen LogP contribution in [0, 0.1) is 12.3 Å². The highest BCUT2D eigenvalue weighted by atomic mass is 32.1. The predicted molar refractivity (Wildman–Crippen MR) is 107 cm³/mol. The Balaban J connectivity index is 1.74. The van der Waals surface area contributed by atoms with Crippen molar-refractivity contribution in [2.24, 2.45) is 5.41 Å². The van der Waals surface area contributed by atoms with E-state index in [1.807, 2.05) is 6.92 Å². The molecule has 0 unspecified atom stereocenters. The lowest BCUT2D eigenvalue weighted by molar-refractivity contribution is -0.112. The molecule has 0 saturated heterocycles. The Labute approximate surface area is 157 Å². The van der Waals surface area contributed by atoms with Gasteiger partial charge in [-0.3, -0.25) is 4.79 Å². The van der Waals surface area contributed by atoms with E-state index in [0.717, 1.165) is 53.4 Å². The van der Waals surface area contributed by atoms with Gasteiger partial charge in [0.2, 0.25) is 0 Å². The minimum atomic E-state index is 0.0740. The smallest absolute Gasteiger partial charge is 0.251 e. The zero-order chi connectivity index (χ0) is 17.6.